The lowest BCUT2D eigenvalue weighted by molar-refractivity contribution is -0.122. The molecule has 398 valence electrons. The largest absolute Gasteiger partial charge is 0.472 e. The van der Waals surface area contributed by atoms with Gasteiger partial charge in [0.15, 0.2) is 5.82 Å². The number of amides is 2. The van der Waals surface area contributed by atoms with E-state index in [0.717, 1.165) is 41.7 Å². The van der Waals surface area contributed by atoms with E-state index in [1.54, 1.807) is 0 Å². The van der Waals surface area contributed by atoms with Crippen molar-refractivity contribution in [1.82, 2.24) is 25.1 Å². The number of nitrogen functional groups attached to an aromatic ring is 1. The number of aryl methyl sites for hydroxylation is 1. The highest BCUT2D eigenvalue weighted by atomic mass is 16.6. The van der Waals surface area contributed by atoms with E-state index < -0.39 is 0 Å². The smallest absolute Gasteiger partial charge is 0.260 e. The number of carbonyl (C=O) groups excluding carboxylic acids is 2. The Kier molecular flexibility index (Phi) is 34.7. The fourth-order valence-electron chi connectivity index (χ4n) is 6.18. The number of aromatic nitrogens is 4. The Morgan fingerprint density at radius 2 is 0.957 bits per heavy atom. The first kappa shape index (κ1) is 60.1. The van der Waals surface area contributed by atoms with Crippen LogP contribution in [0.25, 0.3) is 11.0 Å². The molecule has 0 aliphatic heterocycles. The molecule has 0 fully saturated rings. The van der Waals surface area contributed by atoms with E-state index in [1.165, 1.54) is 0 Å². The summed E-state index contributed by atoms with van der Waals surface area (Å²) in [6.07, 6.45) is 3.22. The van der Waals surface area contributed by atoms with Gasteiger partial charge in [-0.15, -0.1) is 10.2 Å². The highest BCUT2D eigenvalue weighted by Gasteiger charge is 2.20. The van der Waals surface area contributed by atoms with Crippen molar-refractivity contribution in [2.24, 2.45) is 5.73 Å². The Bertz CT molecular complexity index is 1770. The van der Waals surface area contributed by atoms with Gasteiger partial charge in [-0.1, -0.05) is 37.6 Å². The lowest BCUT2D eigenvalue weighted by Crippen LogP contribution is -2.24. The van der Waals surface area contributed by atoms with Crippen LogP contribution in [0, 0.1) is 0 Å². The van der Waals surface area contributed by atoms with Gasteiger partial charge in [0.2, 0.25) is 11.8 Å². The summed E-state index contributed by atoms with van der Waals surface area (Å²) in [6.45, 7) is 17.7. The number of carbonyl (C=O) groups is 2. The van der Waals surface area contributed by atoms with Crippen molar-refractivity contribution in [3.8, 4) is 5.88 Å². The summed E-state index contributed by atoms with van der Waals surface area (Å²) in [4.78, 5) is 27.9. The molecule has 3 rings (SSSR count). The molecule has 0 radical (unpaired) electrons. The van der Waals surface area contributed by atoms with Crippen molar-refractivity contribution < 1.29 is 71.2 Å². The van der Waals surface area contributed by atoms with E-state index in [0.29, 0.717) is 183 Å². The topological polar surface area (TPSA) is 262 Å². The molecule has 0 bridgehead atoms. The third-order valence-corrected chi connectivity index (χ3v) is 9.75. The number of nitrogens with zero attached hydrogens (tertiary/aromatic N) is 4. The summed E-state index contributed by atoms with van der Waals surface area (Å²) in [6, 6.07) is 8.13. The Hall–Kier alpha value is -4.17. The molecule has 1 aromatic carbocycles. The van der Waals surface area contributed by atoms with Crippen LogP contribution in [0.15, 0.2) is 24.3 Å². The zero-order valence-electron chi connectivity index (χ0n) is 41.9. The number of hydrogen-bond donors (Lipinski definition) is 3. The number of nitrogens with one attached hydrogen (secondary N) is 1. The second-order valence-corrected chi connectivity index (χ2v) is 15.9. The number of rotatable bonds is 48. The molecular weight excluding hydrogens is 915 g/mol. The number of nitrogens with two attached hydrogens (primary N) is 2. The van der Waals surface area contributed by atoms with Gasteiger partial charge < -0.3 is 82.9 Å². The number of unbranched alkanes of at least 4 members (excludes halogenated alkanes) is 1. The first-order valence-corrected chi connectivity index (χ1v) is 24.5. The predicted molar refractivity (Wildman–Crippen MR) is 260 cm³/mol. The van der Waals surface area contributed by atoms with Crippen LogP contribution in [0.5, 0.6) is 5.88 Å². The second-order valence-electron chi connectivity index (χ2n) is 15.9. The van der Waals surface area contributed by atoms with Crippen LogP contribution in [0.4, 0.5) is 5.82 Å². The fraction of sp³-hybridized carbons (Fsp3) is 0.729. The van der Waals surface area contributed by atoms with Gasteiger partial charge >= 0.3 is 0 Å². The van der Waals surface area contributed by atoms with E-state index in [2.05, 4.69) is 39.1 Å². The monoisotopic (exact) mass is 996 g/mol. The zero-order valence-corrected chi connectivity index (χ0v) is 41.9. The van der Waals surface area contributed by atoms with Crippen molar-refractivity contribution in [2.45, 2.75) is 72.1 Å². The Labute approximate surface area is 413 Å². The summed E-state index contributed by atoms with van der Waals surface area (Å²) < 4.78 is 73.8. The lowest BCUT2D eigenvalue weighted by Gasteiger charge is -2.14. The third kappa shape index (κ3) is 29.2. The van der Waals surface area contributed by atoms with Gasteiger partial charge in [0.25, 0.3) is 5.88 Å². The predicted octanol–water partition coefficient (Wildman–Crippen LogP) is 2.67. The molecule has 22 nitrogen and oxygen atoms in total. The van der Waals surface area contributed by atoms with Crippen LogP contribution in [-0.2, 0) is 85.9 Å². The number of fused-ring (bicyclic) bond motifs is 1. The quantitative estimate of drug-likeness (QED) is 0.0687. The second kappa shape index (κ2) is 40.4. The summed E-state index contributed by atoms with van der Waals surface area (Å²) in [7, 11) is 0. The molecule has 2 amide bonds. The van der Waals surface area contributed by atoms with Gasteiger partial charge in [-0.25, -0.2) is 4.98 Å². The van der Waals surface area contributed by atoms with Crippen LogP contribution in [0.2, 0.25) is 0 Å². The van der Waals surface area contributed by atoms with E-state index in [9.17, 15) is 9.59 Å². The van der Waals surface area contributed by atoms with Crippen molar-refractivity contribution >= 4 is 28.7 Å². The maximum Gasteiger partial charge on any atom is 0.260 e. The molecule has 2 aromatic heterocycles. The van der Waals surface area contributed by atoms with Gasteiger partial charge in [-0.3, -0.25) is 9.59 Å². The molecule has 0 aliphatic rings. The standard InChI is InChI=1S/C48H81N7O15/c1-4-5-6-43-52-45-46(48(70-39(2)3)54-53-47(45)50)55(43)38-41-9-7-40(8-10-41)37-51-44(57)12-14-59-16-18-61-20-22-63-24-26-65-28-30-67-32-34-69-36-35-68-33-31-66-29-27-64-25-23-62-21-19-60-17-15-58-13-11-42(49)56/h7-10,39H,4-6,11-38H2,1-3H3,(H2,49,56)(H2,50,53)(H,51,57). The van der Waals surface area contributed by atoms with Crippen molar-refractivity contribution in [1.29, 1.82) is 0 Å². The van der Waals surface area contributed by atoms with Gasteiger partial charge in [0.05, 0.1) is 165 Å². The summed E-state index contributed by atoms with van der Waals surface area (Å²) >= 11 is 0. The van der Waals surface area contributed by atoms with E-state index in [1.807, 2.05) is 26.0 Å². The first-order valence-electron chi connectivity index (χ1n) is 24.5. The van der Waals surface area contributed by atoms with Crippen LogP contribution < -0.4 is 21.5 Å². The minimum Gasteiger partial charge on any atom is -0.472 e. The summed E-state index contributed by atoms with van der Waals surface area (Å²) in [5, 5.41) is 11.3. The first-order chi connectivity index (χ1) is 34.3. The summed E-state index contributed by atoms with van der Waals surface area (Å²) in [5.41, 5.74) is 14.6. The minimum atomic E-state index is -0.380. The molecule has 0 unspecified atom stereocenters. The van der Waals surface area contributed by atoms with Crippen molar-refractivity contribution in [2.75, 3.05) is 164 Å². The van der Waals surface area contributed by atoms with Crippen LogP contribution >= 0.6 is 0 Å². The molecule has 0 atom stereocenters. The Morgan fingerprint density at radius 3 is 1.34 bits per heavy atom. The highest BCUT2D eigenvalue weighted by molar-refractivity contribution is 5.88. The number of hydrogen-bond acceptors (Lipinski definition) is 19. The molecular formula is C48H81N7O15. The zero-order chi connectivity index (χ0) is 50.1. The minimum absolute atomic E-state index is 0.0816. The molecule has 0 saturated carbocycles. The molecule has 70 heavy (non-hydrogen) atoms. The molecule has 3 aromatic rings. The lowest BCUT2D eigenvalue weighted by atomic mass is 10.1. The van der Waals surface area contributed by atoms with Crippen LogP contribution in [-0.4, -0.2) is 196 Å². The number of imidazole rings is 1. The number of anilines is 1. The molecule has 2 heterocycles. The van der Waals surface area contributed by atoms with Gasteiger partial charge in [-0.2, -0.15) is 0 Å². The van der Waals surface area contributed by atoms with Gasteiger partial charge in [0, 0.05) is 32.4 Å². The van der Waals surface area contributed by atoms with E-state index in [4.69, 9.17) is 78.0 Å². The average molecular weight is 996 g/mol. The van der Waals surface area contributed by atoms with Crippen molar-refractivity contribution in [3.05, 3.63) is 41.2 Å². The Morgan fingerprint density at radius 1 is 0.571 bits per heavy atom. The fourth-order valence-corrected chi connectivity index (χ4v) is 6.18. The molecule has 22 heteroatoms. The molecule has 0 saturated heterocycles. The highest BCUT2D eigenvalue weighted by Crippen LogP contribution is 2.29. The van der Waals surface area contributed by atoms with E-state index in [-0.39, 0.29) is 36.6 Å². The van der Waals surface area contributed by atoms with E-state index >= 15 is 0 Å². The number of primary amides is 1. The van der Waals surface area contributed by atoms with Gasteiger partial charge in [-0.05, 0) is 31.4 Å². The maximum atomic E-state index is 12.4. The Balaban J connectivity index is 1.02. The number of benzene rings is 1. The SMILES string of the molecule is CCCCc1nc2c(N)nnc(OC(C)C)c2n1Cc1ccc(CNC(=O)CCOCCOCCOCCOCCOCCOCCOCCOCCOCCOCCOCCOCCC(N)=O)cc1. The maximum absolute atomic E-state index is 12.4. The van der Waals surface area contributed by atoms with Gasteiger partial charge in [0.1, 0.15) is 16.9 Å². The molecule has 0 aliphatic carbocycles. The molecule has 0 spiro atoms. The third-order valence-electron chi connectivity index (χ3n) is 9.75. The van der Waals surface area contributed by atoms with Crippen LogP contribution in [0.1, 0.15) is 63.4 Å². The molecule has 5 N–H and O–H groups in total. The number of ether oxygens (including phenoxy) is 13. The summed E-state index contributed by atoms with van der Waals surface area (Å²) in [5.74, 6) is 1.16. The van der Waals surface area contributed by atoms with Crippen LogP contribution in [0.3, 0.4) is 0 Å². The van der Waals surface area contributed by atoms with Crippen molar-refractivity contribution in [3.63, 3.8) is 0 Å². The normalized spacial score (nSPS) is 11.6. The average Bonchev–Trinajstić information content (AvgIpc) is 3.71.